The Hall–Kier alpha value is -5.63. The van der Waals surface area contributed by atoms with E-state index in [2.05, 4.69) is 20.8 Å². The summed E-state index contributed by atoms with van der Waals surface area (Å²) < 4.78 is 37.3. The number of carboxylic acids is 1. The van der Waals surface area contributed by atoms with Gasteiger partial charge in [-0.1, -0.05) is 5.16 Å². The molecule has 266 valence electrons. The highest BCUT2D eigenvalue weighted by Gasteiger charge is 2.53. The summed E-state index contributed by atoms with van der Waals surface area (Å²) in [5, 5.41) is 22.0. The van der Waals surface area contributed by atoms with Crippen molar-refractivity contribution in [1.82, 2.24) is 20.5 Å². The van der Waals surface area contributed by atoms with Gasteiger partial charge in [0.1, 0.15) is 42.0 Å². The molecule has 0 bridgehead atoms. The van der Waals surface area contributed by atoms with Crippen LogP contribution in [0.4, 0.5) is 24.4 Å². The highest BCUT2D eigenvalue weighted by Crippen LogP contribution is 2.40. The van der Waals surface area contributed by atoms with Crippen LogP contribution in [0.25, 0.3) is 11.1 Å². The van der Waals surface area contributed by atoms with Crippen LogP contribution in [-0.4, -0.2) is 88.9 Å². The van der Waals surface area contributed by atoms with Gasteiger partial charge in [0.05, 0.1) is 36.0 Å². The van der Waals surface area contributed by atoms with Gasteiger partial charge in [0, 0.05) is 35.8 Å². The standard InChI is InChI=1S/C31H28F2N8O8S2/c1-14(42)35-9-18-11-40(31(47)49-18)17-7-19(32)22(20(33)8-17)15-3-5-39(6-4-15)10-16-12-50-28-24(27(44)41(28)25(16)29(45)46)37-26(43)23(38-48-2)21-13-51-30(34)36-21/h3-8,13,18,24,28H,9-12H2,1-2H3,(H4-,34,35,36,37,42,43,45,46)/b38-23-/t18-,24+,28?/m0/s1. The molecule has 2 saturated heterocycles. The number of fused-ring (bicyclic) bond motifs is 1. The van der Waals surface area contributed by atoms with Gasteiger partial charge in [-0.3, -0.25) is 24.2 Å². The maximum Gasteiger partial charge on any atom is 0.414 e. The Morgan fingerprint density at radius 1 is 1.22 bits per heavy atom. The van der Waals surface area contributed by atoms with Crippen LogP contribution >= 0.6 is 23.1 Å². The molecular weight excluding hydrogens is 715 g/mol. The number of aromatic nitrogens is 2. The fourth-order valence-electron chi connectivity index (χ4n) is 5.73. The third-order valence-electron chi connectivity index (χ3n) is 8.03. The minimum atomic E-state index is -1.59. The molecule has 4 amide bonds. The molecule has 2 aromatic heterocycles. The number of nitrogen functional groups attached to an aromatic ring is 1. The maximum absolute atomic E-state index is 15.3. The lowest BCUT2D eigenvalue weighted by Gasteiger charge is -2.50. The number of halogens is 2. The molecule has 16 nitrogen and oxygen atoms in total. The molecule has 0 radical (unpaired) electrons. The van der Waals surface area contributed by atoms with Crippen molar-refractivity contribution < 1.29 is 52.0 Å². The first-order chi connectivity index (χ1) is 24.4. The Bertz CT molecular complexity index is 1980. The number of oxime groups is 1. The van der Waals surface area contributed by atoms with Crippen LogP contribution in [0.15, 0.2) is 58.5 Å². The molecule has 3 atom stereocenters. The first-order valence-corrected chi connectivity index (χ1v) is 17.0. The smallest absolute Gasteiger partial charge is 0.414 e. The van der Waals surface area contributed by atoms with Gasteiger partial charge < -0.3 is 35.8 Å². The molecule has 2 fully saturated rings. The number of carboxylic acid groups (broad SMARTS) is 1. The van der Waals surface area contributed by atoms with Gasteiger partial charge in [-0.25, -0.2) is 23.1 Å². The van der Waals surface area contributed by atoms with Crippen LogP contribution in [0, 0.1) is 11.6 Å². The van der Waals surface area contributed by atoms with Crippen molar-refractivity contribution in [2.24, 2.45) is 5.16 Å². The van der Waals surface area contributed by atoms with E-state index < -0.39 is 53.0 Å². The second kappa shape index (κ2) is 14.3. The second-order valence-corrected chi connectivity index (χ2v) is 13.4. The number of thioether (sulfide) groups is 1. The molecule has 0 aliphatic carbocycles. The summed E-state index contributed by atoms with van der Waals surface area (Å²) in [6, 6.07) is 3.81. The summed E-state index contributed by atoms with van der Waals surface area (Å²) in [7, 11) is 1.23. The number of ether oxygens (including phenoxy) is 1. The summed E-state index contributed by atoms with van der Waals surface area (Å²) >= 11 is 2.31. The summed E-state index contributed by atoms with van der Waals surface area (Å²) in [5.41, 5.74) is 5.35. The zero-order valence-corrected chi connectivity index (χ0v) is 28.4. The molecule has 0 spiro atoms. The van der Waals surface area contributed by atoms with Crippen LogP contribution in [0.1, 0.15) is 12.6 Å². The highest BCUT2D eigenvalue weighted by molar-refractivity contribution is 8.00. The van der Waals surface area contributed by atoms with Gasteiger partial charge in [0.2, 0.25) is 5.91 Å². The van der Waals surface area contributed by atoms with Gasteiger partial charge in [0.25, 0.3) is 11.8 Å². The molecule has 0 saturated carbocycles. The van der Waals surface area contributed by atoms with Crippen LogP contribution < -0.4 is 30.9 Å². The molecule has 51 heavy (non-hydrogen) atoms. The van der Waals surface area contributed by atoms with E-state index in [1.165, 1.54) is 55.7 Å². The largest absolute Gasteiger partial charge is 0.543 e. The molecule has 3 aromatic rings. The average Bonchev–Trinajstić information content (AvgIpc) is 3.69. The Kier molecular flexibility index (Phi) is 9.88. The summed E-state index contributed by atoms with van der Waals surface area (Å²) in [4.78, 5) is 72.9. The van der Waals surface area contributed by atoms with Crippen LogP contribution in [0.5, 0.6) is 0 Å². The average molecular weight is 743 g/mol. The minimum Gasteiger partial charge on any atom is -0.543 e. The molecule has 20 heteroatoms. The van der Waals surface area contributed by atoms with Crippen LogP contribution in [-0.2, 0) is 35.3 Å². The van der Waals surface area contributed by atoms with Crippen molar-refractivity contribution >= 4 is 69.4 Å². The first kappa shape index (κ1) is 35.2. The number of benzene rings is 1. The molecule has 1 unspecified atom stereocenters. The Labute approximate surface area is 295 Å². The number of hydrogen-bond donors (Lipinski definition) is 3. The summed E-state index contributed by atoms with van der Waals surface area (Å²) in [5.74, 6) is -5.06. The van der Waals surface area contributed by atoms with Crippen LogP contribution in [0.2, 0.25) is 0 Å². The topological polar surface area (TPSA) is 213 Å². The molecule has 3 aliphatic heterocycles. The SMILES string of the molecule is CO/N=C(\C(=O)N[C@@H]1C(=O)N2C(C(=O)[O-])=C(C[n+]3ccc(-c4c(F)cc(N5C[C@H](CNC(C)=O)OC5=O)cc4F)cc3)CSC12)c1csc(N)n1. The summed E-state index contributed by atoms with van der Waals surface area (Å²) in [6.07, 6.45) is 1.49. The van der Waals surface area contributed by atoms with E-state index in [9.17, 15) is 29.1 Å². The number of cyclic esters (lactones) is 1. The van der Waals surface area contributed by atoms with E-state index in [0.717, 1.165) is 33.3 Å². The number of nitrogens with zero attached hydrogens (tertiary/aromatic N) is 5. The zero-order valence-electron chi connectivity index (χ0n) is 26.8. The predicted molar refractivity (Wildman–Crippen MR) is 175 cm³/mol. The van der Waals surface area contributed by atoms with Gasteiger partial charge >= 0.3 is 6.09 Å². The van der Waals surface area contributed by atoms with Crippen molar-refractivity contribution in [2.75, 3.05) is 36.6 Å². The minimum absolute atomic E-state index is 0.000632. The lowest BCUT2D eigenvalue weighted by atomic mass is 10.0. The number of pyridine rings is 1. The first-order valence-electron chi connectivity index (χ1n) is 15.1. The fourth-order valence-corrected chi connectivity index (χ4v) is 7.62. The monoisotopic (exact) mass is 742 g/mol. The quantitative estimate of drug-likeness (QED) is 0.102. The number of hydrogen-bond acceptors (Lipinski definition) is 13. The van der Waals surface area contributed by atoms with Gasteiger partial charge in [-0.05, 0) is 17.7 Å². The summed E-state index contributed by atoms with van der Waals surface area (Å²) in [6.45, 7) is 1.34. The molecule has 5 heterocycles. The number of anilines is 2. The molecule has 3 aliphatic rings. The lowest BCUT2D eigenvalue weighted by Crippen LogP contribution is -2.71. The number of rotatable bonds is 11. The Morgan fingerprint density at radius 2 is 1.92 bits per heavy atom. The van der Waals surface area contributed by atoms with Crippen molar-refractivity contribution in [3.63, 3.8) is 0 Å². The van der Waals surface area contributed by atoms with Crippen molar-refractivity contribution in [1.29, 1.82) is 0 Å². The number of β-lactam (4-membered cyclic amide) rings is 1. The van der Waals surface area contributed by atoms with E-state index in [1.807, 2.05) is 0 Å². The zero-order chi connectivity index (χ0) is 36.6. The molecule has 4 N–H and O–H groups in total. The third-order valence-corrected chi connectivity index (χ3v) is 10.0. The van der Waals surface area contributed by atoms with E-state index >= 15 is 8.78 Å². The van der Waals surface area contributed by atoms with Gasteiger partial charge in [-0.15, -0.1) is 23.1 Å². The molecule has 1 aromatic carbocycles. The number of amides is 4. The number of carbonyl (C=O) groups is 5. The lowest BCUT2D eigenvalue weighted by molar-refractivity contribution is -0.689. The fraction of sp³-hybridized carbons (Fsp3) is 0.290. The van der Waals surface area contributed by atoms with Crippen molar-refractivity contribution in [2.45, 2.75) is 31.0 Å². The van der Waals surface area contributed by atoms with E-state index in [4.69, 9.17) is 15.3 Å². The van der Waals surface area contributed by atoms with Crippen molar-refractivity contribution in [3.05, 3.63) is 70.6 Å². The number of nitrogens with two attached hydrogens (primary N) is 1. The number of aliphatic carboxylic acids is 1. The maximum atomic E-state index is 15.3. The highest BCUT2D eigenvalue weighted by atomic mass is 32.2. The Morgan fingerprint density at radius 3 is 2.53 bits per heavy atom. The third kappa shape index (κ3) is 7.04. The van der Waals surface area contributed by atoms with Crippen molar-refractivity contribution in [3.8, 4) is 11.1 Å². The molecular formula is C31H28F2N8O8S2. The number of nitrogens with one attached hydrogen (secondary N) is 2. The van der Waals surface area contributed by atoms with Gasteiger partial charge in [0.15, 0.2) is 29.8 Å². The van der Waals surface area contributed by atoms with Gasteiger partial charge in [-0.2, -0.15) is 0 Å². The predicted octanol–water partition coefficient (Wildman–Crippen LogP) is -0.126. The van der Waals surface area contributed by atoms with E-state index in [0.29, 0.717) is 5.57 Å². The van der Waals surface area contributed by atoms with E-state index in [1.54, 1.807) is 4.57 Å². The number of carbonyl (C=O) groups excluding carboxylic acids is 5. The molecule has 6 rings (SSSR count). The van der Waals surface area contributed by atoms with Crippen LogP contribution in [0.3, 0.4) is 0 Å². The normalized spacial score (nSPS) is 20.1. The van der Waals surface area contributed by atoms with E-state index in [-0.39, 0.29) is 70.3 Å². The second-order valence-electron chi connectivity index (χ2n) is 11.4. The number of thiazole rings is 1. The Balaban J connectivity index is 1.15.